The third-order valence-electron chi connectivity index (χ3n) is 3.18. The number of aliphatic carboxylic acids is 1. The highest BCUT2D eigenvalue weighted by molar-refractivity contribution is 5.95. The Hall–Kier alpha value is -2.09. The van der Waals surface area contributed by atoms with Gasteiger partial charge in [0.05, 0.1) is 11.6 Å². The molecular formula is C15H19F3N2O3. The molecule has 0 saturated carbocycles. The van der Waals surface area contributed by atoms with Crippen molar-refractivity contribution < 1.29 is 27.9 Å². The van der Waals surface area contributed by atoms with Crippen molar-refractivity contribution in [3.8, 4) is 0 Å². The number of carboxylic acids is 1. The maximum absolute atomic E-state index is 12.6. The number of carboxylic acid groups (broad SMARTS) is 1. The maximum Gasteiger partial charge on any atom is 0.416 e. The van der Waals surface area contributed by atoms with Gasteiger partial charge in [0, 0.05) is 5.69 Å². The minimum absolute atomic E-state index is 0.000779. The van der Waals surface area contributed by atoms with Crippen LogP contribution in [0.2, 0.25) is 0 Å². The Bertz CT molecular complexity index is 561. The zero-order valence-corrected chi connectivity index (χ0v) is 12.8. The predicted molar refractivity (Wildman–Crippen MR) is 79.0 cm³/mol. The van der Waals surface area contributed by atoms with Gasteiger partial charge in [0.1, 0.15) is 6.04 Å². The van der Waals surface area contributed by atoms with Crippen molar-refractivity contribution in [1.29, 1.82) is 0 Å². The van der Waals surface area contributed by atoms with Gasteiger partial charge in [0.2, 0.25) is 5.91 Å². The molecule has 0 spiro atoms. The Morgan fingerprint density at radius 3 is 2.48 bits per heavy atom. The first-order valence-electron chi connectivity index (χ1n) is 7.12. The molecule has 8 heteroatoms. The predicted octanol–water partition coefficient (Wildman–Crippen LogP) is 2.88. The summed E-state index contributed by atoms with van der Waals surface area (Å²) in [4.78, 5) is 23.0. The highest BCUT2D eigenvalue weighted by Gasteiger charge is 2.30. The van der Waals surface area contributed by atoms with E-state index in [9.17, 15) is 22.8 Å². The molecule has 1 rings (SSSR count). The van der Waals surface area contributed by atoms with E-state index in [1.165, 1.54) is 19.1 Å². The molecule has 0 radical (unpaired) electrons. The molecule has 0 aliphatic rings. The molecule has 0 fully saturated rings. The summed E-state index contributed by atoms with van der Waals surface area (Å²) in [6, 6.07) is 2.50. The standard InChI is InChI=1S/C15H19F3N2O3/c1-3-5-12(14(22)23)19-9(2)13(21)20-11-7-4-6-10(8-11)15(16,17)18/h4,6-9,12,19H,3,5H2,1-2H3,(H,20,21)(H,22,23). The van der Waals surface area contributed by atoms with E-state index in [1.54, 1.807) is 0 Å². The Balaban J connectivity index is 2.73. The average molecular weight is 332 g/mol. The quantitative estimate of drug-likeness (QED) is 0.717. The molecule has 1 aromatic carbocycles. The summed E-state index contributed by atoms with van der Waals surface area (Å²) in [5.41, 5.74) is -0.869. The normalized spacial score (nSPS) is 14.1. The van der Waals surface area contributed by atoms with Crippen molar-refractivity contribution in [1.82, 2.24) is 5.32 Å². The molecular weight excluding hydrogens is 313 g/mol. The van der Waals surface area contributed by atoms with Crippen molar-refractivity contribution in [3.63, 3.8) is 0 Å². The number of hydrogen-bond acceptors (Lipinski definition) is 3. The van der Waals surface area contributed by atoms with E-state index in [-0.39, 0.29) is 5.69 Å². The average Bonchev–Trinajstić information content (AvgIpc) is 2.45. The Morgan fingerprint density at radius 2 is 1.96 bits per heavy atom. The fourth-order valence-electron chi connectivity index (χ4n) is 1.97. The van der Waals surface area contributed by atoms with Gasteiger partial charge in [-0.3, -0.25) is 14.9 Å². The zero-order valence-electron chi connectivity index (χ0n) is 12.8. The van der Waals surface area contributed by atoms with Crippen LogP contribution in [0.15, 0.2) is 24.3 Å². The lowest BCUT2D eigenvalue weighted by molar-refractivity contribution is -0.140. The second kappa shape index (κ2) is 7.96. The van der Waals surface area contributed by atoms with E-state index in [0.29, 0.717) is 12.8 Å². The van der Waals surface area contributed by atoms with Crippen molar-refractivity contribution in [3.05, 3.63) is 29.8 Å². The van der Waals surface area contributed by atoms with Crippen LogP contribution in [0.5, 0.6) is 0 Å². The minimum atomic E-state index is -4.50. The minimum Gasteiger partial charge on any atom is -0.480 e. The number of hydrogen-bond donors (Lipinski definition) is 3. The highest BCUT2D eigenvalue weighted by Crippen LogP contribution is 2.30. The molecule has 0 bridgehead atoms. The van der Waals surface area contributed by atoms with Crippen molar-refractivity contribution >= 4 is 17.6 Å². The first-order valence-corrected chi connectivity index (χ1v) is 7.12. The number of anilines is 1. The Labute approximate surface area is 131 Å². The van der Waals surface area contributed by atoms with Crippen LogP contribution in [-0.2, 0) is 15.8 Å². The van der Waals surface area contributed by atoms with Crippen molar-refractivity contribution in [2.75, 3.05) is 5.32 Å². The fourth-order valence-corrected chi connectivity index (χ4v) is 1.97. The molecule has 0 heterocycles. The van der Waals surface area contributed by atoms with Crippen LogP contribution in [0.25, 0.3) is 0 Å². The van der Waals surface area contributed by atoms with Gasteiger partial charge in [-0.05, 0) is 31.5 Å². The second-order valence-corrected chi connectivity index (χ2v) is 5.14. The van der Waals surface area contributed by atoms with Crippen molar-refractivity contribution in [2.45, 2.75) is 44.9 Å². The molecule has 1 aromatic rings. The summed E-state index contributed by atoms with van der Waals surface area (Å²) in [7, 11) is 0. The van der Waals surface area contributed by atoms with Crippen LogP contribution in [0.4, 0.5) is 18.9 Å². The largest absolute Gasteiger partial charge is 0.480 e. The topological polar surface area (TPSA) is 78.4 Å². The molecule has 23 heavy (non-hydrogen) atoms. The van der Waals surface area contributed by atoms with Crippen LogP contribution in [0.3, 0.4) is 0 Å². The molecule has 2 unspecified atom stereocenters. The summed E-state index contributed by atoms with van der Waals surface area (Å²) in [5, 5.41) is 14.0. The molecule has 2 atom stereocenters. The molecule has 1 amide bonds. The lowest BCUT2D eigenvalue weighted by atomic mass is 10.1. The van der Waals surface area contributed by atoms with Gasteiger partial charge in [-0.2, -0.15) is 13.2 Å². The van der Waals surface area contributed by atoms with E-state index in [2.05, 4.69) is 10.6 Å². The summed E-state index contributed by atoms with van der Waals surface area (Å²) >= 11 is 0. The Kier molecular flexibility index (Phi) is 6.56. The molecule has 0 saturated heterocycles. The SMILES string of the molecule is CCCC(NC(C)C(=O)Nc1cccc(C(F)(F)F)c1)C(=O)O. The lowest BCUT2D eigenvalue weighted by Crippen LogP contribution is -2.47. The number of alkyl halides is 3. The molecule has 3 N–H and O–H groups in total. The maximum atomic E-state index is 12.6. The number of carbonyl (C=O) groups excluding carboxylic acids is 1. The van der Waals surface area contributed by atoms with E-state index < -0.39 is 35.7 Å². The zero-order chi connectivity index (χ0) is 17.6. The molecule has 0 aliphatic heterocycles. The summed E-state index contributed by atoms with van der Waals surface area (Å²) in [6.45, 7) is 3.26. The van der Waals surface area contributed by atoms with Gasteiger partial charge >= 0.3 is 12.1 Å². The van der Waals surface area contributed by atoms with Gasteiger partial charge < -0.3 is 10.4 Å². The van der Waals surface area contributed by atoms with Crippen LogP contribution in [0, 0.1) is 0 Å². The first-order chi connectivity index (χ1) is 10.6. The number of carbonyl (C=O) groups is 2. The Morgan fingerprint density at radius 1 is 1.30 bits per heavy atom. The van der Waals surface area contributed by atoms with Gasteiger partial charge in [0.15, 0.2) is 0 Å². The van der Waals surface area contributed by atoms with Crippen LogP contribution in [-0.4, -0.2) is 29.1 Å². The van der Waals surface area contributed by atoms with E-state index in [1.807, 2.05) is 6.92 Å². The second-order valence-electron chi connectivity index (χ2n) is 5.14. The number of halogens is 3. The number of amides is 1. The highest BCUT2D eigenvalue weighted by atomic mass is 19.4. The fraction of sp³-hybridized carbons (Fsp3) is 0.467. The number of benzene rings is 1. The van der Waals surface area contributed by atoms with Crippen molar-refractivity contribution in [2.24, 2.45) is 0 Å². The van der Waals surface area contributed by atoms with E-state index in [0.717, 1.165) is 12.1 Å². The summed E-state index contributed by atoms with van der Waals surface area (Å²) in [5.74, 6) is -1.68. The molecule has 0 aliphatic carbocycles. The smallest absolute Gasteiger partial charge is 0.416 e. The van der Waals surface area contributed by atoms with E-state index >= 15 is 0 Å². The third-order valence-corrected chi connectivity index (χ3v) is 3.18. The van der Waals surface area contributed by atoms with Crippen LogP contribution >= 0.6 is 0 Å². The molecule has 128 valence electrons. The monoisotopic (exact) mass is 332 g/mol. The summed E-state index contributed by atoms with van der Waals surface area (Å²) in [6.07, 6.45) is -3.54. The van der Waals surface area contributed by atoms with E-state index in [4.69, 9.17) is 5.11 Å². The number of nitrogens with one attached hydrogen (secondary N) is 2. The van der Waals surface area contributed by atoms with Gasteiger partial charge in [-0.15, -0.1) is 0 Å². The number of rotatable bonds is 7. The molecule has 5 nitrogen and oxygen atoms in total. The van der Waals surface area contributed by atoms with Gasteiger partial charge in [-0.25, -0.2) is 0 Å². The van der Waals surface area contributed by atoms with Crippen LogP contribution < -0.4 is 10.6 Å². The molecule has 0 aromatic heterocycles. The first kappa shape index (κ1) is 19.0. The third kappa shape index (κ3) is 5.90. The van der Waals surface area contributed by atoms with Gasteiger partial charge in [-0.1, -0.05) is 19.4 Å². The lowest BCUT2D eigenvalue weighted by Gasteiger charge is -2.19. The summed E-state index contributed by atoms with van der Waals surface area (Å²) < 4.78 is 37.9. The van der Waals surface area contributed by atoms with Gasteiger partial charge in [0.25, 0.3) is 0 Å². The van der Waals surface area contributed by atoms with Crippen LogP contribution in [0.1, 0.15) is 32.3 Å².